The summed E-state index contributed by atoms with van der Waals surface area (Å²) in [6.07, 6.45) is 0. The fourth-order valence-corrected chi connectivity index (χ4v) is 2.29. The Balaban J connectivity index is 2.38. The van der Waals surface area contributed by atoms with Crippen LogP contribution >= 0.6 is 11.6 Å². The number of rotatable bonds is 1. The molecule has 0 amide bonds. The molecule has 0 bridgehead atoms. The molecule has 0 spiro atoms. The molecule has 0 fully saturated rings. The monoisotopic (exact) mass is 297 g/mol. The van der Waals surface area contributed by atoms with E-state index in [4.69, 9.17) is 17.3 Å². The molecule has 0 aliphatic heterocycles. The Kier molecular flexibility index (Phi) is 2.83. The summed E-state index contributed by atoms with van der Waals surface area (Å²) in [4.78, 5) is 4.05. The third-order valence-electron chi connectivity index (χ3n) is 2.88. The maximum absolute atomic E-state index is 13.3. The maximum Gasteiger partial charge on any atom is 0.205 e. The molecule has 3 nitrogen and oxygen atoms in total. The van der Waals surface area contributed by atoms with Crippen molar-refractivity contribution in [1.29, 1.82) is 0 Å². The summed E-state index contributed by atoms with van der Waals surface area (Å²) >= 11 is 6.06. The Labute approximate surface area is 116 Å². The lowest BCUT2D eigenvalue weighted by molar-refractivity contribution is 0.446. The van der Waals surface area contributed by atoms with Gasteiger partial charge in [-0.15, -0.1) is 0 Å². The third kappa shape index (κ3) is 1.80. The van der Waals surface area contributed by atoms with E-state index in [9.17, 15) is 13.2 Å². The van der Waals surface area contributed by atoms with Gasteiger partial charge >= 0.3 is 0 Å². The molecule has 2 aromatic carbocycles. The first-order valence-electron chi connectivity index (χ1n) is 5.56. The van der Waals surface area contributed by atoms with Crippen molar-refractivity contribution in [2.45, 2.75) is 0 Å². The van der Waals surface area contributed by atoms with Crippen LogP contribution in [0.15, 0.2) is 30.3 Å². The van der Waals surface area contributed by atoms with Crippen molar-refractivity contribution < 1.29 is 13.2 Å². The van der Waals surface area contributed by atoms with Crippen molar-refractivity contribution in [1.82, 2.24) is 9.55 Å². The minimum absolute atomic E-state index is 0.00138. The average molecular weight is 298 g/mol. The van der Waals surface area contributed by atoms with E-state index in [2.05, 4.69) is 4.98 Å². The predicted octanol–water partition coefficient (Wildman–Crippen LogP) is 3.68. The summed E-state index contributed by atoms with van der Waals surface area (Å²) in [6, 6.07) is 6.59. The summed E-state index contributed by atoms with van der Waals surface area (Å²) in [5.74, 6) is -4.16. The zero-order valence-corrected chi connectivity index (χ0v) is 10.6. The van der Waals surface area contributed by atoms with Gasteiger partial charge in [-0.2, -0.15) is 0 Å². The van der Waals surface area contributed by atoms with E-state index in [0.717, 1.165) is 12.1 Å². The van der Waals surface area contributed by atoms with Gasteiger partial charge in [0.25, 0.3) is 0 Å². The van der Waals surface area contributed by atoms with Crippen LogP contribution in [0.2, 0.25) is 5.02 Å². The molecule has 0 aliphatic carbocycles. The highest BCUT2D eigenvalue weighted by Gasteiger charge is 2.17. The van der Waals surface area contributed by atoms with Crippen LogP contribution in [0.25, 0.3) is 16.7 Å². The number of aromatic nitrogens is 2. The minimum atomic E-state index is -1.54. The Bertz CT molecular complexity index is 806. The van der Waals surface area contributed by atoms with Gasteiger partial charge < -0.3 is 5.73 Å². The summed E-state index contributed by atoms with van der Waals surface area (Å²) in [5.41, 5.74) is 6.63. The van der Waals surface area contributed by atoms with Gasteiger partial charge in [0, 0.05) is 12.1 Å². The largest absolute Gasteiger partial charge is 0.369 e. The predicted molar refractivity (Wildman–Crippen MR) is 70.4 cm³/mol. The molecular formula is C13H7ClF3N3. The number of nitrogens with two attached hydrogens (primary N) is 1. The zero-order valence-electron chi connectivity index (χ0n) is 9.87. The number of imidazole rings is 1. The minimum Gasteiger partial charge on any atom is -0.369 e. The number of nitrogens with zero attached hydrogens (tertiary/aromatic N) is 2. The van der Waals surface area contributed by atoms with Crippen LogP contribution in [-0.4, -0.2) is 9.55 Å². The SMILES string of the molecule is Nc1nc2cccc(Cl)c2n1-c1cc(F)c(F)c(F)c1. The quantitative estimate of drug-likeness (QED) is 0.696. The number of nitrogen functional groups attached to an aromatic ring is 1. The number of anilines is 1. The maximum atomic E-state index is 13.3. The molecule has 0 radical (unpaired) electrons. The lowest BCUT2D eigenvalue weighted by Gasteiger charge is -2.08. The molecule has 0 saturated heterocycles. The Hall–Kier alpha value is -2.21. The van der Waals surface area contributed by atoms with Crippen LogP contribution in [0.4, 0.5) is 19.1 Å². The first-order valence-corrected chi connectivity index (χ1v) is 5.94. The Morgan fingerprint density at radius 2 is 1.75 bits per heavy atom. The normalized spacial score (nSPS) is 11.2. The summed E-state index contributed by atoms with van der Waals surface area (Å²) < 4.78 is 41.0. The summed E-state index contributed by atoms with van der Waals surface area (Å²) in [7, 11) is 0. The lowest BCUT2D eigenvalue weighted by atomic mass is 10.2. The second-order valence-electron chi connectivity index (χ2n) is 4.14. The fourth-order valence-electron chi connectivity index (χ4n) is 2.04. The molecule has 0 aliphatic rings. The van der Waals surface area contributed by atoms with E-state index in [1.165, 1.54) is 4.57 Å². The Morgan fingerprint density at radius 3 is 2.40 bits per heavy atom. The molecule has 1 heterocycles. The smallest absolute Gasteiger partial charge is 0.205 e. The molecule has 0 atom stereocenters. The van der Waals surface area contributed by atoms with Crippen LogP contribution in [0.1, 0.15) is 0 Å². The van der Waals surface area contributed by atoms with E-state index < -0.39 is 17.5 Å². The zero-order chi connectivity index (χ0) is 14.4. The molecule has 3 aromatic rings. The van der Waals surface area contributed by atoms with Crippen LogP contribution in [0, 0.1) is 17.5 Å². The average Bonchev–Trinajstić information content (AvgIpc) is 2.73. The van der Waals surface area contributed by atoms with Gasteiger partial charge in [-0.1, -0.05) is 17.7 Å². The van der Waals surface area contributed by atoms with Crippen molar-refractivity contribution in [3.8, 4) is 5.69 Å². The van der Waals surface area contributed by atoms with E-state index >= 15 is 0 Å². The topological polar surface area (TPSA) is 43.8 Å². The number of halogens is 4. The molecular weight excluding hydrogens is 291 g/mol. The van der Waals surface area contributed by atoms with Gasteiger partial charge in [-0.25, -0.2) is 18.2 Å². The lowest BCUT2D eigenvalue weighted by Crippen LogP contribution is -2.03. The van der Waals surface area contributed by atoms with Gasteiger partial charge in [0.1, 0.15) is 0 Å². The van der Waals surface area contributed by atoms with E-state index in [-0.39, 0.29) is 11.6 Å². The van der Waals surface area contributed by atoms with Crippen molar-refractivity contribution in [3.63, 3.8) is 0 Å². The third-order valence-corrected chi connectivity index (χ3v) is 3.18. The van der Waals surface area contributed by atoms with Crippen molar-refractivity contribution in [3.05, 3.63) is 52.8 Å². The van der Waals surface area contributed by atoms with Crippen LogP contribution in [0.3, 0.4) is 0 Å². The number of hydrogen-bond donors (Lipinski definition) is 1. The molecule has 102 valence electrons. The van der Waals surface area contributed by atoms with Gasteiger partial charge in [-0.3, -0.25) is 4.57 Å². The van der Waals surface area contributed by atoms with E-state index in [0.29, 0.717) is 16.1 Å². The summed E-state index contributed by atoms with van der Waals surface area (Å²) in [5, 5.41) is 0.317. The second kappa shape index (κ2) is 4.42. The van der Waals surface area contributed by atoms with Crippen LogP contribution in [-0.2, 0) is 0 Å². The molecule has 1 aromatic heterocycles. The molecule has 20 heavy (non-hydrogen) atoms. The van der Waals surface area contributed by atoms with Gasteiger partial charge in [0.2, 0.25) is 5.95 Å². The molecule has 3 rings (SSSR count). The van der Waals surface area contributed by atoms with Crippen molar-refractivity contribution in [2.75, 3.05) is 5.73 Å². The van der Waals surface area contributed by atoms with Crippen LogP contribution in [0.5, 0.6) is 0 Å². The standard InChI is InChI=1S/C13H7ClF3N3/c14-7-2-1-3-10-12(7)20(13(18)19-10)6-4-8(15)11(17)9(16)5-6/h1-5H,(H2,18,19). The van der Waals surface area contributed by atoms with Crippen LogP contribution < -0.4 is 5.73 Å². The first-order chi connectivity index (χ1) is 9.49. The fraction of sp³-hybridized carbons (Fsp3) is 0. The highest BCUT2D eigenvalue weighted by Crippen LogP contribution is 2.29. The van der Waals surface area contributed by atoms with E-state index in [1.54, 1.807) is 18.2 Å². The second-order valence-corrected chi connectivity index (χ2v) is 4.54. The molecule has 7 heteroatoms. The van der Waals surface area contributed by atoms with Gasteiger partial charge in [-0.05, 0) is 12.1 Å². The first kappa shape index (κ1) is 12.8. The molecule has 2 N–H and O–H groups in total. The highest BCUT2D eigenvalue weighted by molar-refractivity contribution is 6.35. The van der Waals surface area contributed by atoms with Gasteiger partial charge in [0.15, 0.2) is 17.5 Å². The number of hydrogen-bond acceptors (Lipinski definition) is 2. The van der Waals surface area contributed by atoms with Gasteiger partial charge in [0.05, 0.1) is 21.7 Å². The number of fused-ring (bicyclic) bond motifs is 1. The van der Waals surface area contributed by atoms with Crippen molar-refractivity contribution >= 4 is 28.6 Å². The number of para-hydroxylation sites is 1. The molecule has 0 saturated carbocycles. The highest BCUT2D eigenvalue weighted by atomic mass is 35.5. The van der Waals surface area contributed by atoms with Crippen molar-refractivity contribution in [2.24, 2.45) is 0 Å². The number of benzene rings is 2. The van der Waals surface area contributed by atoms with E-state index in [1.807, 2.05) is 0 Å². The molecule has 0 unspecified atom stereocenters. The summed E-state index contributed by atoms with van der Waals surface area (Å²) in [6.45, 7) is 0. The Morgan fingerprint density at radius 1 is 1.10 bits per heavy atom.